The number of fused-ring (bicyclic) bond motifs is 1. The molecule has 0 radical (unpaired) electrons. The van der Waals surface area contributed by atoms with E-state index in [1.165, 1.54) is 23.7 Å². The van der Waals surface area contributed by atoms with Crippen LogP contribution in [-0.4, -0.2) is 42.9 Å². The van der Waals surface area contributed by atoms with Crippen molar-refractivity contribution in [1.82, 2.24) is 24.4 Å². The van der Waals surface area contributed by atoms with Crippen molar-refractivity contribution in [3.63, 3.8) is 0 Å². The number of nitrogens with zero attached hydrogens (tertiary/aromatic N) is 4. The second kappa shape index (κ2) is 8.06. The van der Waals surface area contributed by atoms with Gasteiger partial charge in [0.25, 0.3) is 11.5 Å². The van der Waals surface area contributed by atoms with Crippen molar-refractivity contribution in [2.75, 3.05) is 6.54 Å². The first-order valence-electron chi connectivity index (χ1n) is 10.1. The fraction of sp³-hybridized carbons (Fsp3) is 0.381. The second-order valence-corrected chi connectivity index (χ2v) is 7.99. The lowest BCUT2D eigenvalue weighted by Crippen LogP contribution is -2.45. The fourth-order valence-corrected chi connectivity index (χ4v) is 3.62. The molecule has 2 N–H and O–H groups in total. The molecule has 10 nitrogen and oxygen atoms in total. The zero-order valence-corrected chi connectivity index (χ0v) is 17.9. The molecule has 1 amide bonds. The van der Waals surface area contributed by atoms with Crippen molar-refractivity contribution in [2.45, 2.75) is 31.8 Å². The van der Waals surface area contributed by atoms with Gasteiger partial charge in [-0.2, -0.15) is 0 Å². The van der Waals surface area contributed by atoms with Crippen LogP contribution < -0.4 is 16.6 Å². The molecule has 3 aromatic rings. The van der Waals surface area contributed by atoms with Gasteiger partial charge in [0.1, 0.15) is 17.2 Å². The molecule has 1 unspecified atom stereocenters. The predicted octanol–water partition coefficient (Wildman–Crippen LogP) is 0.731. The maximum Gasteiger partial charge on any atom is 0.332 e. The highest BCUT2D eigenvalue weighted by molar-refractivity contribution is 6.05. The number of hydrogen-bond donors (Lipinski definition) is 2. The molecule has 0 aliphatic carbocycles. The van der Waals surface area contributed by atoms with Gasteiger partial charge in [0.15, 0.2) is 5.65 Å². The van der Waals surface area contributed by atoms with Crippen molar-refractivity contribution in [1.29, 1.82) is 0 Å². The smallest absolute Gasteiger partial charge is 0.332 e. The molecule has 0 fully saturated rings. The lowest BCUT2D eigenvalue weighted by atomic mass is 9.95. The molecule has 11 heteroatoms. The maximum absolute atomic E-state index is 13.5. The van der Waals surface area contributed by atoms with Crippen molar-refractivity contribution < 1.29 is 14.0 Å². The average Bonchev–Trinajstić information content (AvgIpc) is 3.39. The van der Waals surface area contributed by atoms with E-state index in [0.717, 1.165) is 4.57 Å². The Morgan fingerprint density at radius 3 is 2.84 bits per heavy atom. The number of rotatable bonds is 6. The molecule has 32 heavy (non-hydrogen) atoms. The molecule has 2 aromatic heterocycles. The Hall–Kier alpha value is -3.76. The molecule has 1 aliphatic heterocycles. The minimum atomic E-state index is -1.18. The minimum absolute atomic E-state index is 0.225. The summed E-state index contributed by atoms with van der Waals surface area (Å²) in [5.74, 6) is -0.159. The highest BCUT2D eigenvalue weighted by Crippen LogP contribution is 2.27. The Kier molecular flexibility index (Phi) is 5.41. The number of aryl methyl sites for hydroxylation is 2. The molecule has 0 saturated heterocycles. The normalized spacial score (nSPS) is 17.9. The zero-order chi connectivity index (χ0) is 23.0. The monoisotopic (exact) mass is 442 g/mol. The SMILES string of the molecule is Cn1c(=O)c2[nH]c(CCCNC(=O)C3(C)CC(c4cccc(F)c4)=NO3)nc2n(C)c1=O. The number of H-pyrrole nitrogens is 1. The van der Waals surface area contributed by atoms with E-state index in [4.69, 9.17) is 4.84 Å². The van der Waals surface area contributed by atoms with E-state index in [9.17, 15) is 18.8 Å². The third kappa shape index (κ3) is 3.81. The molecule has 0 bridgehead atoms. The summed E-state index contributed by atoms with van der Waals surface area (Å²) in [6.07, 6.45) is 1.24. The van der Waals surface area contributed by atoms with E-state index < -0.39 is 16.9 Å². The van der Waals surface area contributed by atoms with Crippen LogP contribution >= 0.6 is 0 Å². The Morgan fingerprint density at radius 1 is 1.31 bits per heavy atom. The number of carbonyl (C=O) groups is 1. The van der Waals surface area contributed by atoms with Gasteiger partial charge in [0, 0.05) is 39.0 Å². The first-order chi connectivity index (χ1) is 15.2. The van der Waals surface area contributed by atoms with Crippen LogP contribution in [0.15, 0.2) is 39.0 Å². The quantitative estimate of drug-likeness (QED) is 0.545. The summed E-state index contributed by atoms with van der Waals surface area (Å²) < 4.78 is 15.8. The number of aromatic amines is 1. The van der Waals surface area contributed by atoms with Crippen LogP contribution in [-0.2, 0) is 30.1 Å². The molecule has 1 aromatic carbocycles. The van der Waals surface area contributed by atoms with Crippen LogP contribution in [0.3, 0.4) is 0 Å². The summed E-state index contributed by atoms with van der Waals surface area (Å²) >= 11 is 0. The molecular formula is C21H23FN6O4. The number of oxime groups is 1. The van der Waals surface area contributed by atoms with Crippen molar-refractivity contribution in [3.8, 4) is 0 Å². The molecule has 0 spiro atoms. The van der Waals surface area contributed by atoms with Crippen molar-refractivity contribution >= 4 is 22.8 Å². The van der Waals surface area contributed by atoms with E-state index in [1.54, 1.807) is 26.1 Å². The standard InChI is InChI=1S/C21H23FN6O4/c1-21(11-14(26-32-21)12-6-4-7-13(22)10-12)19(30)23-9-5-8-15-24-16-17(25-15)27(2)20(31)28(3)18(16)29/h4,6-7,10H,5,8-9,11H2,1-3H3,(H,23,30)(H,24,25). The summed E-state index contributed by atoms with van der Waals surface area (Å²) in [7, 11) is 2.96. The third-order valence-electron chi connectivity index (χ3n) is 5.52. The predicted molar refractivity (Wildman–Crippen MR) is 115 cm³/mol. The van der Waals surface area contributed by atoms with Crippen LogP contribution in [0.25, 0.3) is 11.2 Å². The highest BCUT2D eigenvalue weighted by Gasteiger charge is 2.42. The number of carbonyl (C=O) groups excluding carboxylic acids is 1. The van der Waals surface area contributed by atoms with E-state index in [2.05, 4.69) is 20.4 Å². The van der Waals surface area contributed by atoms with Gasteiger partial charge in [-0.3, -0.25) is 18.7 Å². The number of nitrogens with one attached hydrogen (secondary N) is 2. The number of imidazole rings is 1. The molecule has 1 aliphatic rings. The largest absolute Gasteiger partial charge is 0.379 e. The van der Waals surface area contributed by atoms with Gasteiger partial charge in [0.05, 0.1) is 5.71 Å². The fourth-order valence-electron chi connectivity index (χ4n) is 3.62. The van der Waals surface area contributed by atoms with Crippen molar-refractivity contribution in [2.24, 2.45) is 19.3 Å². The Bertz CT molecular complexity index is 1350. The van der Waals surface area contributed by atoms with Gasteiger partial charge in [-0.15, -0.1) is 0 Å². The summed E-state index contributed by atoms with van der Waals surface area (Å²) in [6.45, 7) is 1.98. The van der Waals surface area contributed by atoms with Crippen molar-refractivity contribution in [3.05, 3.63) is 62.3 Å². The topological polar surface area (TPSA) is 123 Å². The number of halogens is 1. The van der Waals surface area contributed by atoms with Crippen LogP contribution in [0.2, 0.25) is 0 Å². The third-order valence-corrected chi connectivity index (χ3v) is 5.52. The van der Waals surface area contributed by atoms with Gasteiger partial charge in [-0.25, -0.2) is 14.2 Å². The molecule has 168 valence electrons. The van der Waals surface area contributed by atoms with Crippen LogP contribution in [0, 0.1) is 5.82 Å². The summed E-state index contributed by atoms with van der Waals surface area (Å²) in [6, 6.07) is 5.98. The van der Waals surface area contributed by atoms with E-state index >= 15 is 0 Å². The lowest BCUT2D eigenvalue weighted by Gasteiger charge is -2.20. The Balaban J connectivity index is 1.34. The number of aromatic nitrogens is 4. The number of benzene rings is 1. The van der Waals surface area contributed by atoms with E-state index in [-0.39, 0.29) is 23.7 Å². The molecule has 1 atom stereocenters. The zero-order valence-electron chi connectivity index (χ0n) is 17.9. The van der Waals surface area contributed by atoms with E-state index in [0.29, 0.717) is 42.1 Å². The first-order valence-corrected chi connectivity index (χ1v) is 10.1. The minimum Gasteiger partial charge on any atom is -0.379 e. The highest BCUT2D eigenvalue weighted by atomic mass is 19.1. The van der Waals surface area contributed by atoms with Gasteiger partial charge in [0.2, 0.25) is 5.60 Å². The average molecular weight is 442 g/mol. The first kappa shape index (κ1) is 21.5. The van der Waals surface area contributed by atoms with Gasteiger partial charge in [-0.05, 0) is 25.5 Å². The van der Waals surface area contributed by atoms with Crippen LogP contribution in [0.1, 0.15) is 31.2 Å². The van der Waals surface area contributed by atoms with E-state index in [1.807, 2.05) is 0 Å². The Labute approximate surface area is 181 Å². The van der Waals surface area contributed by atoms with Gasteiger partial charge in [-0.1, -0.05) is 17.3 Å². The number of hydrogen-bond acceptors (Lipinski definition) is 6. The molecular weight excluding hydrogens is 419 g/mol. The summed E-state index contributed by atoms with van der Waals surface area (Å²) in [5.41, 5.74) is -0.406. The summed E-state index contributed by atoms with van der Waals surface area (Å²) in [5, 5.41) is 6.79. The Morgan fingerprint density at radius 2 is 2.09 bits per heavy atom. The van der Waals surface area contributed by atoms with Crippen LogP contribution in [0.5, 0.6) is 0 Å². The maximum atomic E-state index is 13.5. The summed E-state index contributed by atoms with van der Waals surface area (Å²) in [4.78, 5) is 49.6. The second-order valence-electron chi connectivity index (χ2n) is 7.99. The molecule has 0 saturated carbocycles. The van der Waals surface area contributed by atoms with Gasteiger partial charge < -0.3 is 15.1 Å². The van der Waals surface area contributed by atoms with Gasteiger partial charge >= 0.3 is 5.69 Å². The van der Waals surface area contributed by atoms with Crippen LogP contribution in [0.4, 0.5) is 4.39 Å². The lowest BCUT2D eigenvalue weighted by molar-refractivity contribution is -0.141. The molecule has 4 rings (SSSR count). The number of amides is 1. The molecule has 3 heterocycles.